The minimum Gasteiger partial charge on any atom is -0.461 e. The van der Waals surface area contributed by atoms with E-state index in [1.54, 1.807) is 12.3 Å². The lowest BCUT2D eigenvalue weighted by Gasteiger charge is -2.07. The first-order valence-corrected chi connectivity index (χ1v) is 11.0. The normalized spacial score (nSPS) is 19.2. The molecule has 3 aromatic rings. The van der Waals surface area contributed by atoms with Gasteiger partial charge in [0, 0.05) is 25.3 Å². The number of hydrogen-bond donors (Lipinski definition) is 0. The summed E-state index contributed by atoms with van der Waals surface area (Å²) in [6.07, 6.45) is 2.92. The number of rotatable bonds is 6. The van der Waals surface area contributed by atoms with Crippen LogP contribution in [0.2, 0.25) is 0 Å². The van der Waals surface area contributed by atoms with Crippen LogP contribution in [-0.4, -0.2) is 39.8 Å². The summed E-state index contributed by atoms with van der Waals surface area (Å²) in [5, 5.41) is 13.2. The second-order valence-corrected chi connectivity index (χ2v) is 9.55. The van der Waals surface area contributed by atoms with Crippen LogP contribution in [-0.2, 0) is 29.1 Å². The molecule has 0 bridgehead atoms. The molecule has 0 aliphatic carbocycles. The van der Waals surface area contributed by atoms with Gasteiger partial charge in [0.1, 0.15) is 5.82 Å². The van der Waals surface area contributed by atoms with Crippen molar-refractivity contribution in [1.29, 1.82) is 0 Å². The SMILES string of the molecule is Cn1c(CC2CCS(=O)(=O)C2)nnc1SCc1cc(-c2ccco2)on1. The first kappa shape index (κ1) is 17.3. The summed E-state index contributed by atoms with van der Waals surface area (Å²) in [4.78, 5) is 0. The fourth-order valence-electron chi connectivity index (χ4n) is 2.99. The molecule has 0 radical (unpaired) electrons. The summed E-state index contributed by atoms with van der Waals surface area (Å²) in [7, 11) is -0.972. The Morgan fingerprint density at radius 3 is 2.96 bits per heavy atom. The van der Waals surface area contributed by atoms with Gasteiger partial charge in [-0.3, -0.25) is 0 Å². The molecule has 8 nitrogen and oxygen atoms in total. The van der Waals surface area contributed by atoms with Crippen molar-refractivity contribution < 1.29 is 17.4 Å². The zero-order valence-electron chi connectivity index (χ0n) is 14.2. The molecule has 1 fully saturated rings. The molecule has 0 amide bonds. The van der Waals surface area contributed by atoms with Gasteiger partial charge in [-0.1, -0.05) is 16.9 Å². The van der Waals surface area contributed by atoms with Gasteiger partial charge in [0.15, 0.2) is 20.8 Å². The van der Waals surface area contributed by atoms with Crippen LogP contribution in [0.25, 0.3) is 11.5 Å². The summed E-state index contributed by atoms with van der Waals surface area (Å²) in [6, 6.07) is 5.45. The van der Waals surface area contributed by atoms with Gasteiger partial charge in [-0.25, -0.2) is 8.42 Å². The fourth-order valence-corrected chi connectivity index (χ4v) is 5.67. The highest BCUT2D eigenvalue weighted by Crippen LogP contribution is 2.27. The third-order valence-electron chi connectivity index (χ3n) is 4.40. The van der Waals surface area contributed by atoms with E-state index in [-0.39, 0.29) is 17.4 Å². The van der Waals surface area contributed by atoms with E-state index in [4.69, 9.17) is 8.94 Å². The third-order valence-corrected chi connectivity index (χ3v) is 7.29. The van der Waals surface area contributed by atoms with E-state index in [9.17, 15) is 8.42 Å². The van der Waals surface area contributed by atoms with Gasteiger partial charge in [0.05, 0.1) is 23.5 Å². The lowest BCUT2D eigenvalue weighted by molar-refractivity contribution is 0.413. The largest absolute Gasteiger partial charge is 0.461 e. The van der Waals surface area contributed by atoms with Crippen molar-refractivity contribution in [1.82, 2.24) is 19.9 Å². The molecule has 1 unspecified atom stereocenters. The topological polar surface area (TPSA) is 104 Å². The predicted octanol–water partition coefficient (Wildman–Crippen LogP) is 2.33. The molecule has 0 N–H and O–H groups in total. The van der Waals surface area contributed by atoms with Crippen molar-refractivity contribution in [2.24, 2.45) is 13.0 Å². The summed E-state index contributed by atoms with van der Waals surface area (Å²) in [5.41, 5.74) is 0.785. The molecule has 1 saturated heterocycles. The van der Waals surface area contributed by atoms with Crippen molar-refractivity contribution in [2.45, 2.75) is 23.8 Å². The second-order valence-electron chi connectivity index (χ2n) is 6.38. The predicted molar refractivity (Wildman–Crippen MR) is 95.2 cm³/mol. The van der Waals surface area contributed by atoms with Crippen LogP contribution in [0.4, 0.5) is 0 Å². The van der Waals surface area contributed by atoms with E-state index in [0.29, 0.717) is 30.1 Å². The molecule has 0 saturated carbocycles. The Labute approximate surface area is 154 Å². The standard InChI is InChI=1S/C16H18N4O4S2/c1-20-15(7-11-4-6-26(21,22)10-11)17-18-16(20)25-9-12-8-14(24-19-12)13-3-2-5-23-13/h2-3,5,8,11H,4,6-7,9-10H2,1H3. The Balaban J connectivity index is 1.38. The lowest BCUT2D eigenvalue weighted by Crippen LogP contribution is -2.11. The van der Waals surface area contributed by atoms with E-state index in [0.717, 1.165) is 16.7 Å². The van der Waals surface area contributed by atoms with Crippen LogP contribution in [0.1, 0.15) is 17.9 Å². The molecule has 0 spiro atoms. The van der Waals surface area contributed by atoms with Gasteiger partial charge in [-0.2, -0.15) is 0 Å². The molecular formula is C16H18N4O4S2. The molecule has 1 aliphatic heterocycles. The van der Waals surface area contributed by atoms with Crippen molar-refractivity contribution in [2.75, 3.05) is 11.5 Å². The highest BCUT2D eigenvalue weighted by molar-refractivity contribution is 7.98. The summed E-state index contributed by atoms with van der Waals surface area (Å²) in [6.45, 7) is 0. The number of furan rings is 1. The highest BCUT2D eigenvalue weighted by atomic mass is 32.2. The Morgan fingerprint density at radius 2 is 2.23 bits per heavy atom. The van der Waals surface area contributed by atoms with Crippen LogP contribution in [0.3, 0.4) is 0 Å². The maximum absolute atomic E-state index is 11.6. The van der Waals surface area contributed by atoms with Crippen molar-refractivity contribution >= 4 is 21.6 Å². The van der Waals surface area contributed by atoms with E-state index in [2.05, 4.69) is 15.4 Å². The molecule has 26 heavy (non-hydrogen) atoms. The number of aromatic nitrogens is 4. The Bertz CT molecular complexity index is 992. The Hall–Kier alpha value is -2.07. The van der Waals surface area contributed by atoms with Crippen molar-refractivity contribution in [3.63, 3.8) is 0 Å². The van der Waals surface area contributed by atoms with Crippen molar-refractivity contribution in [3.05, 3.63) is 36.0 Å². The van der Waals surface area contributed by atoms with E-state index < -0.39 is 9.84 Å². The molecular weight excluding hydrogens is 376 g/mol. The van der Waals surface area contributed by atoms with E-state index in [1.165, 1.54) is 11.8 Å². The molecule has 4 heterocycles. The average molecular weight is 394 g/mol. The maximum atomic E-state index is 11.6. The van der Waals surface area contributed by atoms with Gasteiger partial charge >= 0.3 is 0 Å². The smallest absolute Gasteiger partial charge is 0.202 e. The summed E-state index contributed by atoms with van der Waals surface area (Å²) >= 11 is 1.51. The van der Waals surface area contributed by atoms with Crippen LogP contribution < -0.4 is 0 Å². The zero-order chi connectivity index (χ0) is 18.1. The first-order valence-electron chi connectivity index (χ1n) is 8.21. The first-order chi connectivity index (χ1) is 12.5. The fraction of sp³-hybridized carbons (Fsp3) is 0.438. The number of sulfone groups is 1. The summed E-state index contributed by atoms with van der Waals surface area (Å²) in [5.74, 6) is 3.29. The lowest BCUT2D eigenvalue weighted by atomic mass is 10.1. The summed E-state index contributed by atoms with van der Waals surface area (Å²) < 4.78 is 35.7. The highest BCUT2D eigenvalue weighted by Gasteiger charge is 2.29. The second kappa shape index (κ2) is 6.92. The number of thioether (sulfide) groups is 1. The minimum absolute atomic E-state index is 0.132. The minimum atomic E-state index is -2.87. The van der Waals surface area contributed by atoms with Crippen LogP contribution >= 0.6 is 11.8 Å². The van der Waals surface area contributed by atoms with Gasteiger partial charge in [0.2, 0.25) is 5.76 Å². The molecule has 1 aliphatic rings. The number of nitrogens with zero attached hydrogens (tertiary/aromatic N) is 4. The van der Waals surface area contributed by atoms with Gasteiger partial charge < -0.3 is 13.5 Å². The Morgan fingerprint density at radius 1 is 1.35 bits per heavy atom. The van der Waals surface area contributed by atoms with Crippen molar-refractivity contribution in [3.8, 4) is 11.5 Å². The van der Waals surface area contributed by atoms with E-state index >= 15 is 0 Å². The third kappa shape index (κ3) is 3.70. The van der Waals surface area contributed by atoms with Crippen LogP contribution in [0.5, 0.6) is 0 Å². The molecule has 3 aromatic heterocycles. The monoisotopic (exact) mass is 394 g/mol. The molecule has 10 heteroatoms. The van der Waals surface area contributed by atoms with Gasteiger partial charge in [-0.15, -0.1) is 10.2 Å². The zero-order valence-corrected chi connectivity index (χ0v) is 15.8. The van der Waals surface area contributed by atoms with Gasteiger partial charge in [0.25, 0.3) is 0 Å². The molecule has 1 atom stereocenters. The Kier molecular flexibility index (Phi) is 4.62. The maximum Gasteiger partial charge on any atom is 0.202 e. The average Bonchev–Trinajstić information content (AvgIpc) is 3.36. The molecule has 138 valence electrons. The quantitative estimate of drug-likeness (QED) is 0.587. The van der Waals surface area contributed by atoms with Gasteiger partial charge in [-0.05, 0) is 24.5 Å². The number of hydrogen-bond acceptors (Lipinski definition) is 8. The van der Waals surface area contributed by atoms with Crippen LogP contribution in [0.15, 0.2) is 38.6 Å². The van der Waals surface area contributed by atoms with Crippen LogP contribution in [0, 0.1) is 5.92 Å². The molecule has 4 rings (SSSR count). The molecule has 0 aromatic carbocycles. The van der Waals surface area contributed by atoms with E-state index in [1.807, 2.05) is 23.7 Å².